The van der Waals surface area contributed by atoms with Crippen LogP contribution in [0.4, 0.5) is 0 Å². The third-order valence-electron chi connectivity index (χ3n) is 4.96. The van der Waals surface area contributed by atoms with Gasteiger partial charge in [0.05, 0.1) is 6.10 Å². The zero-order valence-corrected chi connectivity index (χ0v) is 13.4. The summed E-state index contributed by atoms with van der Waals surface area (Å²) in [5, 5.41) is 0.332. The summed E-state index contributed by atoms with van der Waals surface area (Å²) in [4.78, 5) is 0. The average Bonchev–Trinajstić information content (AvgIpc) is 2.30. The highest BCUT2D eigenvalue weighted by Crippen LogP contribution is 2.44. The third-order valence-corrected chi connectivity index (χ3v) is 9.43. The van der Waals surface area contributed by atoms with Crippen LogP contribution in [0.1, 0.15) is 48.0 Å². The van der Waals surface area contributed by atoms with E-state index >= 15 is 0 Å². The van der Waals surface area contributed by atoms with Crippen LogP contribution in [0.2, 0.25) is 18.1 Å². The van der Waals surface area contributed by atoms with E-state index in [-0.39, 0.29) is 0 Å². The molecular formula is C14H30OSi. The van der Waals surface area contributed by atoms with Crippen molar-refractivity contribution in [2.45, 2.75) is 72.2 Å². The molecule has 0 aromatic rings. The predicted octanol–water partition coefficient (Wildman–Crippen LogP) is 4.69. The van der Waals surface area contributed by atoms with E-state index in [4.69, 9.17) is 4.43 Å². The van der Waals surface area contributed by atoms with E-state index in [2.05, 4.69) is 54.6 Å². The topological polar surface area (TPSA) is 9.23 Å². The van der Waals surface area contributed by atoms with Crippen LogP contribution in [0.3, 0.4) is 0 Å². The summed E-state index contributed by atoms with van der Waals surface area (Å²) in [7, 11) is -1.58. The second-order valence-electron chi connectivity index (χ2n) is 7.39. The molecule has 0 N–H and O–H groups in total. The van der Waals surface area contributed by atoms with Crippen molar-refractivity contribution in [3.05, 3.63) is 0 Å². The molecule has 0 saturated heterocycles. The molecule has 16 heavy (non-hydrogen) atoms. The van der Waals surface area contributed by atoms with Crippen LogP contribution in [0.15, 0.2) is 0 Å². The van der Waals surface area contributed by atoms with Gasteiger partial charge in [0.1, 0.15) is 0 Å². The molecule has 1 nitrogen and oxygen atoms in total. The Morgan fingerprint density at radius 3 is 1.81 bits per heavy atom. The Hall–Kier alpha value is 0.177. The van der Waals surface area contributed by atoms with E-state index in [1.165, 1.54) is 6.42 Å². The molecular weight excluding hydrogens is 212 g/mol. The minimum absolute atomic E-state index is 0.332. The highest BCUT2D eigenvalue weighted by Gasteiger charge is 2.44. The fourth-order valence-corrected chi connectivity index (χ4v) is 4.00. The second-order valence-corrected chi connectivity index (χ2v) is 12.1. The molecule has 0 heterocycles. The molecule has 4 atom stereocenters. The number of hydrogen-bond donors (Lipinski definition) is 0. The van der Waals surface area contributed by atoms with Crippen LogP contribution in [-0.2, 0) is 4.43 Å². The van der Waals surface area contributed by atoms with Gasteiger partial charge in [-0.15, -0.1) is 0 Å². The lowest BCUT2D eigenvalue weighted by molar-refractivity contribution is 0.108. The molecule has 1 saturated carbocycles. The van der Waals surface area contributed by atoms with E-state index in [1.807, 2.05) is 0 Å². The molecule has 0 aromatic heterocycles. The molecule has 0 bridgehead atoms. The van der Waals surface area contributed by atoms with Crippen molar-refractivity contribution in [2.24, 2.45) is 17.8 Å². The van der Waals surface area contributed by atoms with E-state index in [1.54, 1.807) is 0 Å². The van der Waals surface area contributed by atoms with Crippen LogP contribution in [0.25, 0.3) is 0 Å². The fraction of sp³-hybridized carbons (Fsp3) is 1.00. The van der Waals surface area contributed by atoms with Crippen LogP contribution >= 0.6 is 0 Å². The Kier molecular flexibility index (Phi) is 3.96. The maximum atomic E-state index is 6.60. The summed E-state index contributed by atoms with van der Waals surface area (Å²) < 4.78 is 6.60. The highest BCUT2D eigenvalue weighted by atomic mass is 28.4. The molecule has 4 unspecified atom stereocenters. The lowest BCUT2D eigenvalue weighted by Crippen LogP contribution is -2.46. The Morgan fingerprint density at radius 2 is 1.50 bits per heavy atom. The molecule has 0 aromatic carbocycles. The normalized spacial score (nSPS) is 36.8. The Morgan fingerprint density at radius 1 is 1.00 bits per heavy atom. The van der Waals surface area contributed by atoms with E-state index in [0.29, 0.717) is 11.1 Å². The first-order valence-electron chi connectivity index (χ1n) is 6.74. The molecule has 1 rings (SSSR count). The quantitative estimate of drug-likeness (QED) is 0.638. The monoisotopic (exact) mass is 242 g/mol. The molecule has 0 aliphatic heterocycles. The summed E-state index contributed by atoms with van der Waals surface area (Å²) in [6.45, 7) is 18.8. The summed E-state index contributed by atoms with van der Waals surface area (Å²) in [6.07, 6.45) is 1.83. The fourth-order valence-electron chi connectivity index (χ4n) is 2.52. The van der Waals surface area contributed by atoms with Gasteiger partial charge in [-0.25, -0.2) is 0 Å². The maximum absolute atomic E-state index is 6.60. The lowest BCUT2D eigenvalue weighted by Gasteiger charge is -2.40. The SMILES string of the molecule is CC1CC(C)C(O[Si](C)(C)C(C)(C)C)C1C. The van der Waals surface area contributed by atoms with Gasteiger partial charge in [-0.2, -0.15) is 0 Å². The largest absolute Gasteiger partial charge is 0.413 e. The van der Waals surface area contributed by atoms with E-state index in [9.17, 15) is 0 Å². The number of hydrogen-bond acceptors (Lipinski definition) is 1. The minimum Gasteiger partial charge on any atom is -0.413 e. The Labute approximate surface area is 103 Å². The van der Waals surface area contributed by atoms with Crippen molar-refractivity contribution >= 4 is 8.32 Å². The smallest absolute Gasteiger partial charge is 0.192 e. The summed E-state index contributed by atoms with van der Waals surface area (Å²) in [6, 6.07) is 0. The first kappa shape index (κ1) is 14.2. The Balaban J connectivity index is 2.74. The van der Waals surface area contributed by atoms with Crippen LogP contribution in [0, 0.1) is 17.8 Å². The molecule has 0 radical (unpaired) electrons. The van der Waals surface area contributed by atoms with Crippen molar-refractivity contribution < 1.29 is 4.43 Å². The van der Waals surface area contributed by atoms with Crippen molar-refractivity contribution in [1.29, 1.82) is 0 Å². The maximum Gasteiger partial charge on any atom is 0.192 e. The van der Waals surface area contributed by atoms with Gasteiger partial charge < -0.3 is 4.43 Å². The molecule has 96 valence electrons. The first-order chi connectivity index (χ1) is 7.06. The van der Waals surface area contributed by atoms with Crippen molar-refractivity contribution in [2.75, 3.05) is 0 Å². The van der Waals surface area contributed by atoms with Crippen LogP contribution in [0.5, 0.6) is 0 Å². The Bertz CT molecular complexity index is 242. The van der Waals surface area contributed by atoms with Gasteiger partial charge in [0.2, 0.25) is 0 Å². The second kappa shape index (κ2) is 4.45. The summed E-state index contributed by atoms with van der Waals surface area (Å²) >= 11 is 0. The van der Waals surface area contributed by atoms with Gasteiger partial charge >= 0.3 is 0 Å². The van der Waals surface area contributed by atoms with Crippen LogP contribution < -0.4 is 0 Å². The van der Waals surface area contributed by atoms with Gasteiger partial charge in [-0.3, -0.25) is 0 Å². The summed E-state index contributed by atoms with van der Waals surface area (Å²) in [5.41, 5.74) is 0. The molecule has 0 spiro atoms. The molecule has 0 amide bonds. The predicted molar refractivity (Wildman–Crippen MR) is 74.2 cm³/mol. The van der Waals surface area contributed by atoms with Crippen molar-refractivity contribution in [3.63, 3.8) is 0 Å². The number of rotatable bonds is 2. The van der Waals surface area contributed by atoms with E-state index < -0.39 is 8.32 Å². The zero-order chi connectivity index (χ0) is 12.7. The van der Waals surface area contributed by atoms with Gasteiger partial charge in [0.15, 0.2) is 8.32 Å². The third kappa shape index (κ3) is 2.70. The van der Waals surface area contributed by atoms with Crippen molar-refractivity contribution in [1.82, 2.24) is 0 Å². The molecule has 1 aliphatic carbocycles. The van der Waals surface area contributed by atoms with E-state index in [0.717, 1.165) is 17.8 Å². The van der Waals surface area contributed by atoms with Crippen LogP contribution in [-0.4, -0.2) is 14.4 Å². The average molecular weight is 242 g/mol. The zero-order valence-electron chi connectivity index (χ0n) is 12.4. The minimum atomic E-state index is -1.58. The van der Waals surface area contributed by atoms with Gasteiger partial charge in [-0.05, 0) is 42.3 Å². The molecule has 1 aliphatic rings. The lowest BCUT2D eigenvalue weighted by atomic mass is 9.99. The van der Waals surface area contributed by atoms with Gasteiger partial charge in [-0.1, -0.05) is 41.5 Å². The highest BCUT2D eigenvalue weighted by molar-refractivity contribution is 6.74. The standard InChI is InChI=1S/C14H30OSi/c1-10-9-11(2)13(12(10)3)15-16(7,8)14(4,5)6/h10-13H,9H2,1-8H3. The molecule has 1 fully saturated rings. The summed E-state index contributed by atoms with van der Waals surface area (Å²) in [5.74, 6) is 2.29. The van der Waals surface area contributed by atoms with Crippen molar-refractivity contribution in [3.8, 4) is 0 Å². The van der Waals surface area contributed by atoms with Gasteiger partial charge in [0, 0.05) is 0 Å². The first-order valence-corrected chi connectivity index (χ1v) is 9.65. The van der Waals surface area contributed by atoms with Gasteiger partial charge in [0.25, 0.3) is 0 Å². The molecule has 2 heteroatoms.